The van der Waals surface area contributed by atoms with Crippen LogP contribution in [0.4, 0.5) is 5.69 Å². The number of nitrogens with one attached hydrogen (secondary N) is 1. The minimum atomic E-state index is -0.133. The third-order valence-corrected chi connectivity index (χ3v) is 3.31. The summed E-state index contributed by atoms with van der Waals surface area (Å²) in [6.45, 7) is 4.51. The van der Waals surface area contributed by atoms with Gasteiger partial charge in [0.25, 0.3) is 0 Å². The number of fused-ring (bicyclic) bond motifs is 1. The van der Waals surface area contributed by atoms with E-state index in [-0.39, 0.29) is 12.1 Å². The topological polar surface area (TPSA) is 60.2 Å². The van der Waals surface area contributed by atoms with Crippen molar-refractivity contribution in [2.24, 2.45) is 0 Å². The summed E-state index contributed by atoms with van der Waals surface area (Å²) in [6, 6.07) is 8.30. The molecule has 3 rings (SSSR count). The van der Waals surface area contributed by atoms with E-state index in [1.165, 1.54) is 5.56 Å². The maximum atomic E-state index is 5.46. The molecule has 0 fully saturated rings. The maximum absolute atomic E-state index is 5.46. The predicted molar refractivity (Wildman–Crippen MR) is 70.8 cm³/mol. The fraction of sp³-hybridized carbons (Fsp3) is 0.429. The summed E-state index contributed by atoms with van der Waals surface area (Å²) in [6.07, 6.45) is 0.743. The molecule has 0 amide bonds. The molecule has 5 nitrogen and oxygen atoms in total. The van der Waals surface area contributed by atoms with Crippen molar-refractivity contribution >= 4 is 5.69 Å². The Labute approximate surface area is 112 Å². The van der Waals surface area contributed by atoms with E-state index < -0.39 is 0 Å². The van der Waals surface area contributed by atoms with Crippen LogP contribution in [0.5, 0.6) is 0 Å². The van der Waals surface area contributed by atoms with Crippen molar-refractivity contribution in [3.05, 3.63) is 41.5 Å². The van der Waals surface area contributed by atoms with Crippen LogP contribution in [0.1, 0.15) is 43.3 Å². The number of para-hydroxylation sites is 1. The minimum Gasteiger partial charge on any atom is -0.373 e. The summed E-state index contributed by atoms with van der Waals surface area (Å²) in [4.78, 5) is 4.43. The molecule has 100 valence electrons. The van der Waals surface area contributed by atoms with Crippen molar-refractivity contribution < 1.29 is 9.26 Å². The lowest BCUT2D eigenvalue weighted by molar-refractivity contribution is 0.0683. The van der Waals surface area contributed by atoms with Crippen molar-refractivity contribution in [1.82, 2.24) is 10.1 Å². The second-order valence-corrected chi connectivity index (χ2v) is 4.65. The summed E-state index contributed by atoms with van der Waals surface area (Å²) in [5.74, 6) is 1.23. The first-order chi connectivity index (χ1) is 9.28. The fourth-order valence-corrected chi connectivity index (χ4v) is 2.33. The van der Waals surface area contributed by atoms with E-state index in [2.05, 4.69) is 27.6 Å². The van der Waals surface area contributed by atoms with Crippen LogP contribution < -0.4 is 5.32 Å². The number of nitrogens with zero attached hydrogens (tertiary/aromatic N) is 2. The molecule has 19 heavy (non-hydrogen) atoms. The molecule has 1 aromatic carbocycles. The van der Waals surface area contributed by atoms with E-state index in [1.807, 2.05) is 26.0 Å². The van der Waals surface area contributed by atoms with E-state index in [0.29, 0.717) is 18.3 Å². The van der Waals surface area contributed by atoms with Crippen LogP contribution in [0.3, 0.4) is 0 Å². The number of ether oxygens (including phenoxy) is 1. The first kappa shape index (κ1) is 12.2. The van der Waals surface area contributed by atoms with Crippen molar-refractivity contribution in [2.45, 2.75) is 32.4 Å². The zero-order valence-electron chi connectivity index (χ0n) is 11.1. The quantitative estimate of drug-likeness (QED) is 0.914. The molecule has 1 aliphatic heterocycles. The number of hydrogen-bond donors (Lipinski definition) is 1. The molecule has 0 radical (unpaired) electrons. The average molecular weight is 259 g/mol. The number of rotatable bonds is 4. The molecule has 1 aromatic heterocycles. The lowest BCUT2D eigenvalue weighted by Gasteiger charge is -2.06. The molecule has 5 heteroatoms. The molecule has 1 unspecified atom stereocenters. The molecule has 2 heterocycles. The van der Waals surface area contributed by atoms with Crippen LogP contribution in [0.25, 0.3) is 0 Å². The van der Waals surface area contributed by atoms with Gasteiger partial charge in [0.2, 0.25) is 5.89 Å². The van der Waals surface area contributed by atoms with Crippen LogP contribution in [0.2, 0.25) is 0 Å². The van der Waals surface area contributed by atoms with E-state index in [9.17, 15) is 0 Å². The second kappa shape index (κ2) is 5.01. The van der Waals surface area contributed by atoms with Crippen LogP contribution in [0.15, 0.2) is 28.8 Å². The number of benzene rings is 1. The monoisotopic (exact) mass is 259 g/mol. The van der Waals surface area contributed by atoms with Crippen LogP contribution in [0, 0.1) is 0 Å². The summed E-state index contributed by atoms with van der Waals surface area (Å²) in [5.41, 5.74) is 2.43. The van der Waals surface area contributed by atoms with Crippen LogP contribution >= 0.6 is 0 Å². The minimum absolute atomic E-state index is 0.0625. The Bertz CT molecular complexity index is 542. The highest BCUT2D eigenvalue weighted by molar-refractivity contribution is 5.56. The third-order valence-electron chi connectivity index (χ3n) is 3.31. The second-order valence-electron chi connectivity index (χ2n) is 4.65. The SMILES string of the molecule is CCOC(C)c1noc([C@@H]2Cc3ccccc3N2)n1. The van der Waals surface area contributed by atoms with Gasteiger partial charge in [-0.25, -0.2) is 0 Å². The molecular weight excluding hydrogens is 242 g/mol. The van der Waals surface area contributed by atoms with Gasteiger partial charge in [0.05, 0.1) is 0 Å². The highest BCUT2D eigenvalue weighted by Crippen LogP contribution is 2.33. The lowest BCUT2D eigenvalue weighted by atomic mass is 10.1. The Hall–Kier alpha value is -1.88. The van der Waals surface area contributed by atoms with Crippen LogP contribution in [-0.2, 0) is 11.2 Å². The van der Waals surface area contributed by atoms with Gasteiger partial charge < -0.3 is 14.6 Å². The Morgan fingerprint density at radius 2 is 2.32 bits per heavy atom. The van der Waals surface area contributed by atoms with Gasteiger partial charge in [-0.15, -0.1) is 0 Å². The van der Waals surface area contributed by atoms with Crippen LogP contribution in [-0.4, -0.2) is 16.7 Å². The largest absolute Gasteiger partial charge is 0.373 e. The zero-order chi connectivity index (χ0) is 13.2. The molecular formula is C14H17N3O2. The Balaban J connectivity index is 1.75. The maximum Gasteiger partial charge on any atom is 0.249 e. The summed E-state index contributed by atoms with van der Waals surface area (Å²) < 4.78 is 10.8. The fourth-order valence-electron chi connectivity index (χ4n) is 2.33. The van der Waals surface area contributed by atoms with Crippen molar-refractivity contribution in [1.29, 1.82) is 0 Å². The Morgan fingerprint density at radius 3 is 3.11 bits per heavy atom. The molecule has 0 spiro atoms. The van der Waals surface area contributed by atoms with Gasteiger partial charge in [0, 0.05) is 18.7 Å². The molecule has 0 bridgehead atoms. The highest BCUT2D eigenvalue weighted by atomic mass is 16.5. The Kier molecular flexibility index (Phi) is 3.21. The molecule has 2 aromatic rings. The van der Waals surface area contributed by atoms with Gasteiger partial charge in [-0.1, -0.05) is 23.4 Å². The van der Waals surface area contributed by atoms with E-state index in [0.717, 1.165) is 12.1 Å². The van der Waals surface area contributed by atoms with Gasteiger partial charge in [-0.2, -0.15) is 4.98 Å². The van der Waals surface area contributed by atoms with Gasteiger partial charge >= 0.3 is 0 Å². The van der Waals surface area contributed by atoms with Crippen molar-refractivity contribution in [3.8, 4) is 0 Å². The first-order valence-electron chi connectivity index (χ1n) is 6.57. The predicted octanol–water partition coefficient (Wildman–Crippen LogP) is 2.88. The Morgan fingerprint density at radius 1 is 1.47 bits per heavy atom. The number of aromatic nitrogens is 2. The molecule has 2 atom stereocenters. The van der Waals surface area contributed by atoms with Crippen molar-refractivity contribution in [2.75, 3.05) is 11.9 Å². The third kappa shape index (κ3) is 2.33. The smallest absolute Gasteiger partial charge is 0.249 e. The van der Waals surface area contributed by atoms with Gasteiger partial charge in [-0.3, -0.25) is 0 Å². The average Bonchev–Trinajstić information content (AvgIpc) is 3.05. The van der Waals surface area contributed by atoms with Gasteiger partial charge in [0.15, 0.2) is 5.82 Å². The highest BCUT2D eigenvalue weighted by Gasteiger charge is 2.27. The molecule has 1 aliphatic rings. The summed E-state index contributed by atoms with van der Waals surface area (Å²) in [7, 11) is 0. The van der Waals surface area contributed by atoms with E-state index >= 15 is 0 Å². The first-order valence-corrected chi connectivity index (χ1v) is 6.57. The number of hydrogen-bond acceptors (Lipinski definition) is 5. The van der Waals surface area contributed by atoms with Crippen molar-refractivity contribution in [3.63, 3.8) is 0 Å². The molecule has 0 aliphatic carbocycles. The summed E-state index contributed by atoms with van der Waals surface area (Å²) >= 11 is 0. The lowest BCUT2D eigenvalue weighted by Crippen LogP contribution is -2.07. The number of anilines is 1. The molecule has 0 saturated heterocycles. The molecule has 1 N–H and O–H groups in total. The zero-order valence-corrected chi connectivity index (χ0v) is 11.1. The van der Waals surface area contributed by atoms with Gasteiger partial charge in [0.1, 0.15) is 12.1 Å². The van der Waals surface area contributed by atoms with E-state index in [1.54, 1.807) is 0 Å². The normalized spacial score (nSPS) is 18.9. The van der Waals surface area contributed by atoms with E-state index in [4.69, 9.17) is 9.26 Å². The summed E-state index contributed by atoms with van der Waals surface area (Å²) in [5, 5.41) is 7.39. The standard InChI is InChI=1S/C14H17N3O2/c1-3-18-9(2)13-16-14(19-17-13)12-8-10-6-4-5-7-11(10)15-12/h4-7,9,12,15H,3,8H2,1-2H3/t9?,12-/m0/s1. The molecule has 0 saturated carbocycles. The van der Waals surface area contributed by atoms with Gasteiger partial charge in [-0.05, 0) is 25.5 Å².